The molecule has 134 valence electrons. The number of fused-ring (bicyclic) bond motifs is 1. The van der Waals surface area contributed by atoms with E-state index in [0.717, 1.165) is 28.5 Å². The van der Waals surface area contributed by atoms with Crippen LogP contribution in [0.2, 0.25) is 0 Å². The molecular weight excluding hydrogens is 385 g/mol. The summed E-state index contributed by atoms with van der Waals surface area (Å²) in [6.07, 6.45) is -2.49. The number of halogens is 3. The van der Waals surface area contributed by atoms with Crippen LogP contribution in [0.4, 0.5) is 13.2 Å². The van der Waals surface area contributed by atoms with E-state index in [1.807, 2.05) is 22.9 Å². The molecule has 1 aromatic carbocycles. The Bertz CT molecular complexity index is 1070. The van der Waals surface area contributed by atoms with Gasteiger partial charge in [0.25, 0.3) is 11.1 Å². The van der Waals surface area contributed by atoms with E-state index < -0.39 is 11.7 Å². The maximum absolute atomic E-state index is 12.8. The molecule has 10 heteroatoms. The van der Waals surface area contributed by atoms with E-state index >= 15 is 0 Å². The van der Waals surface area contributed by atoms with Crippen molar-refractivity contribution in [2.45, 2.75) is 24.1 Å². The second kappa shape index (κ2) is 6.44. The van der Waals surface area contributed by atoms with Crippen molar-refractivity contribution in [2.75, 3.05) is 0 Å². The fourth-order valence-corrected chi connectivity index (χ4v) is 3.96. The molecular formula is C16H11F3N4OS2. The minimum absolute atomic E-state index is 0.294. The third-order valence-corrected chi connectivity index (χ3v) is 5.31. The van der Waals surface area contributed by atoms with E-state index in [1.165, 1.54) is 29.2 Å². The first-order chi connectivity index (χ1) is 12.4. The van der Waals surface area contributed by atoms with Gasteiger partial charge in [-0.3, -0.25) is 4.40 Å². The molecule has 4 rings (SSSR count). The van der Waals surface area contributed by atoms with E-state index in [2.05, 4.69) is 15.2 Å². The van der Waals surface area contributed by atoms with E-state index in [1.54, 1.807) is 6.07 Å². The third-order valence-electron chi connectivity index (χ3n) is 3.66. The number of hydrogen-bond acceptors (Lipinski definition) is 6. The summed E-state index contributed by atoms with van der Waals surface area (Å²) < 4.78 is 45.9. The highest BCUT2D eigenvalue weighted by Crippen LogP contribution is 2.32. The lowest BCUT2D eigenvalue weighted by Crippen LogP contribution is -2.04. The first kappa shape index (κ1) is 17.1. The van der Waals surface area contributed by atoms with Gasteiger partial charge in [0.15, 0.2) is 4.96 Å². The first-order valence-electron chi connectivity index (χ1n) is 7.47. The van der Waals surface area contributed by atoms with Crippen molar-refractivity contribution in [3.05, 3.63) is 52.7 Å². The highest BCUT2D eigenvalue weighted by molar-refractivity contribution is 7.98. The lowest BCUT2D eigenvalue weighted by Gasteiger charge is -2.07. The van der Waals surface area contributed by atoms with Crippen LogP contribution in [0.15, 0.2) is 45.5 Å². The molecule has 0 amide bonds. The van der Waals surface area contributed by atoms with Gasteiger partial charge in [0.05, 0.1) is 11.3 Å². The number of benzene rings is 1. The number of nitrogens with zero attached hydrogens (tertiary/aromatic N) is 4. The summed E-state index contributed by atoms with van der Waals surface area (Å²) in [6.45, 7) is 1.86. The number of thiazole rings is 1. The van der Waals surface area contributed by atoms with Crippen LogP contribution >= 0.6 is 23.1 Å². The monoisotopic (exact) mass is 396 g/mol. The summed E-state index contributed by atoms with van der Waals surface area (Å²) in [5.74, 6) is 0.630. The van der Waals surface area contributed by atoms with Crippen molar-refractivity contribution < 1.29 is 17.6 Å². The van der Waals surface area contributed by atoms with Crippen molar-refractivity contribution in [2.24, 2.45) is 0 Å². The Labute approximate surface area is 153 Å². The van der Waals surface area contributed by atoms with Crippen LogP contribution < -0.4 is 0 Å². The summed E-state index contributed by atoms with van der Waals surface area (Å²) in [5.41, 5.74) is 1.36. The average molecular weight is 396 g/mol. The Morgan fingerprint density at radius 3 is 2.92 bits per heavy atom. The Hall–Kier alpha value is -2.33. The minimum Gasteiger partial charge on any atom is -0.410 e. The van der Waals surface area contributed by atoms with Gasteiger partial charge in [0.1, 0.15) is 5.69 Å². The third kappa shape index (κ3) is 3.21. The predicted octanol–water partition coefficient (Wildman–Crippen LogP) is 5.07. The van der Waals surface area contributed by atoms with Gasteiger partial charge in [-0.15, -0.1) is 21.5 Å². The summed E-state index contributed by atoms with van der Waals surface area (Å²) in [5, 5.41) is 10.2. The van der Waals surface area contributed by atoms with Crippen molar-refractivity contribution in [3.63, 3.8) is 0 Å². The Morgan fingerprint density at radius 2 is 2.12 bits per heavy atom. The van der Waals surface area contributed by atoms with Crippen LogP contribution in [-0.4, -0.2) is 19.6 Å². The van der Waals surface area contributed by atoms with E-state index in [0.29, 0.717) is 22.4 Å². The van der Waals surface area contributed by atoms with Crippen LogP contribution in [0.1, 0.15) is 16.8 Å². The van der Waals surface area contributed by atoms with Crippen LogP contribution in [0.5, 0.6) is 0 Å². The Balaban J connectivity index is 1.53. The molecule has 0 aliphatic heterocycles. The molecule has 0 saturated heterocycles. The van der Waals surface area contributed by atoms with Gasteiger partial charge >= 0.3 is 6.18 Å². The van der Waals surface area contributed by atoms with E-state index in [9.17, 15) is 13.2 Å². The van der Waals surface area contributed by atoms with Crippen LogP contribution in [0.25, 0.3) is 16.5 Å². The van der Waals surface area contributed by atoms with Gasteiger partial charge in [-0.05, 0) is 18.6 Å². The molecule has 0 saturated carbocycles. The van der Waals surface area contributed by atoms with Crippen LogP contribution in [-0.2, 0) is 11.9 Å². The molecule has 3 aromatic heterocycles. The van der Waals surface area contributed by atoms with Crippen molar-refractivity contribution >= 4 is 28.1 Å². The molecule has 0 atom stereocenters. The fraction of sp³-hybridized carbons (Fsp3) is 0.188. The minimum atomic E-state index is -4.36. The zero-order chi connectivity index (χ0) is 18.3. The zero-order valence-corrected chi connectivity index (χ0v) is 15.0. The molecule has 3 heterocycles. The number of hydrogen-bond donors (Lipinski definition) is 0. The number of thioether (sulfide) groups is 1. The highest BCUT2D eigenvalue weighted by Gasteiger charge is 2.30. The lowest BCUT2D eigenvalue weighted by molar-refractivity contribution is -0.137. The molecule has 0 radical (unpaired) electrons. The van der Waals surface area contributed by atoms with Crippen molar-refractivity contribution in [3.8, 4) is 11.6 Å². The van der Waals surface area contributed by atoms with Gasteiger partial charge in [0, 0.05) is 17.3 Å². The molecule has 4 aromatic rings. The van der Waals surface area contributed by atoms with Crippen molar-refractivity contribution in [1.82, 2.24) is 19.6 Å². The van der Waals surface area contributed by atoms with Gasteiger partial charge < -0.3 is 4.42 Å². The summed E-state index contributed by atoms with van der Waals surface area (Å²) in [7, 11) is 0. The first-order valence-corrected chi connectivity index (χ1v) is 9.33. The van der Waals surface area contributed by atoms with Crippen LogP contribution in [0.3, 0.4) is 0 Å². The van der Waals surface area contributed by atoms with Gasteiger partial charge in [0.2, 0.25) is 0 Å². The standard InChI is InChI=1S/C16H11F3N4OS2/c1-9-12(23-5-6-25-14(23)20-9)13-21-22-15(24-13)26-8-10-3-2-4-11(7-10)16(17,18)19/h2-7H,8H2,1H3. The van der Waals surface area contributed by atoms with Gasteiger partial charge in [-0.25, -0.2) is 4.98 Å². The molecule has 0 aliphatic rings. The quantitative estimate of drug-likeness (QED) is 0.451. The normalized spacial score (nSPS) is 12.2. The molecule has 0 N–H and O–H groups in total. The molecule has 0 aliphatic carbocycles. The van der Waals surface area contributed by atoms with Crippen LogP contribution in [0, 0.1) is 6.92 Å². The molecule has 26 heavy (non-hydrogen) atoms. The maximum atomic E-state index is 12.8. The molecule has 0 unspecified atom stereocenters. The lowest BCUT2D eigenvalue weighted by atomic mass is 10.1. The summed E-state index contributed by atoms with van der Waals surface area (Å²) >= 11 is 2.69. The smallest absolute Gasteiger partial charge is 0.410 e. The highest BCUT2D eigenvalue weighted by atomic mass is 32.2. The number of rotatable bonds is 4. The number of aryl methyl sites for hydroxylation is 1. The van der Waals surface area contributed by atoms with E-state index in [4.69, 9.17) is 4.42 Å². The zero-order valence-electron chi connectivity index (χ0n) is 13.3. The van der Waals surface area contributed by atoms with Gasteiger partial charge in [-0.2, -0.15) is 13.2 Å². The van der Waals surface area contributed by atoms with Gasteiger partial charge in [-0.1, -0.05) is 30.0 Å². The largest absolute Gasteiger partial charge is 0.416 e. The SMILES string of the molecule is Cc1nc2sccn2c1-c1nnc(SCc2cccc(C(F)(F)F)c2)o1. The topological polar surface area (TPSA) is 56.2 Å². The Kier molecular flexibility index (Phi) is 4.23. The van der Waals surface area contributed by atoms with E-state index in [-0.39, 0.29) is 0 Å². The molecule has 5 nitrogen and oxygen atoms in total. The maximum Gasteiger partial charge on any atom is 0.416 e. The summed E-state index contributed by atoms with van der Waals surface area (Å²) in [6, 6.07) is 5.20. The average Bonchev–Trinajstić information content (AvgIpc) is 3.28. The van der Waals surface area contributed by atoms with Crippen molar-refractivity contribution in [1.29, 1.82) is 0 Å². The predicted molar refractivity (Wildman–Crippen MR) is 92.1 cm³/mol. The molecule has 0 fully saturated rings. The number of alkyl halides is 3. The second-order valence-corrected chi connectivity index (χ2v) is 7.26. The number of aromatic nitrogens is 4. The molecule has 0 spiro atoms. The number of imidazole rings is 1. The molecule has 0 bridgehead atoms. The summed E-state index contributed by atoms with van der Waals surface area (Å²) in [4.78, 5) is 5.25. The fourth-order valence-electron chi connectivity index (χ4n) is 2.50. The second-order valence-electron chi connectivity index (χ2n) is 5.46. The Morgan fingerprint density at radius 1 is 1.27 bits per heavy atom.